The lowest BCUT2D eigenvalue weighted by Gasteiger charge is -2.31. The van der Waals surface area contributed by atoms with Gasteiger partial charge in [-0.1, -0.05) is 42.5 Å². The average molecular weight is 298 g/mol. The summed E-state index contributed by atoms with van der Waals surface area (Å²) in [5.74, 6) is 0. The SMILES string of the molecule is O=C(O)NC1CCN(CCc2ccc3ccccc3c2)CC1. The summed E-state index contributed by atoms with van der Waals surface area (Å²) in [5.41, 5.74) is 1.37. The first-order valence-corrected chi connectivity index (χ1v) is 7.90. The fraction of sp³-hybridized carbons (Fsp3) is 0.389. The smallest absolute Gasteiger partial charge is 0.404 e. The third kappa shape index (κ3) is 3.77. The largest absolute Gasteiger partial charge is 0.465 e. The van der Waals surface area contributed by atoms with Crippen LogP contribution in [0.4, 0.5) is 4.79 Å². The van der Waals surface area contributed by atoms with Crippen molar-refractivity contribution >= 4 is 16.9 Å². The predicted octanol–water partition coefficient (Wildman–Crippen LogP) is 3.11. The summed E-state index contributed by atoms with van der Waals surface area (Å²) in [4.78, 5) is 13.1. The van der Waals surface area contributed by atoms with E-state index in [1.807, 2.05) is 0 Å². The molecule has 2 N–H and O–H groups in total. The number of carbonyl (C=O) groups is 1. The van der Waals surface area contributed by atoms with Gasteiger partial charge in [-0.25, -0.2) is 4.79 Å². The van der Waals surface area contributed by atoms with Crippen molar-refractivity contribution in [2.45, 2.75) is 25.3 Å². The van der Waals surface area contributed by atoms with Crippen molar-refractivity contribution in [3.05, 3.63) is 48.0 Å². The number of rotatable bonds is 4. The van der Waals surface area contributed by atoms with E-state index in [1.165, 1.54) is 16.3 Å². The topological polar surface area (TPSA) is 52.6 Å². The van der Waals surface area contributed by atoms with Crippen molar-refractivity contribution in [3.8, 4) is 0 Å². The Labute approximate surface area is 130 Å². The van der Waals surface area contributed by atoms with E-state index in [1.54, 1.807) is 0 Å². The van der Waals surface area contributed by atoms with Crippen LogP contribution in [0.1, 0.15) is 18.4 Å². The Bertz CT molecular complexity index is 648. The predicted molar refractivity (Wildman–Crippen MR) is 88.3 cm³/mol. The van der Waals surface area contributed by atoms with E-state index < -0.39 is 6.09 Å². The van der Waals surface area contributed by atoms with Crippen molar-refractivity contribution in [2.24, 2.45) is 0 Å². The molecule has 4 nitrogen and oxygen atoms in total. The average Bonchev–Trinajstić information content (AvgIpc) is 2.53. The van der Waals surface area contributed by atoms with Crippen molar-refractivity contribution in [2.75, 3.05) is 19.6 Å². The van der Waals surface area contributed by atoms with Gasteiger partial charge in [0, 0.05) is 25.7 Å². The summed E-state index contributed by atoms with van der Waals surface area (Å²) in [6.45, 7) is 2.98. The number of carboxylic acid groups (broad SMARTS) is 1. The first kappa shape index (κ1) is 14.9. The molecule has 0 aliphatic carbocycles. The molecule has 1 saturated heterocycles. The van der Waals surface area contributed by atoms with Gasteiger partial charge in [0.1, 0.15) is 0 Å². The van der Waals surface area contributed by atoms with Gasteiger partial charge in [0.25, 0.3) is 0 Å². The van der Waals surface area contributed by atoms with Gasteiger partial charge in [-0.15, -0.1) is 0 Å². The second-order valence-corrected chi connectivity index (χ2v) is 6.00. The first-order valence-electron chi connectivity index (χ1n) is 7.90. The Kier molecular flexibility index (Phi) is 4.59. The molecule has 22 heavy (non-hydrogen) atoms. The van der Waals surface area contributed by atoms with Crippen LogP contribution in [0.3, 0.4) is 0 Å². The van der Waals surface area contributed by atoms with Crippen LogP contribution in [0.2, 0.25) is 0 Å². The molecular formula is C18H22N2O2. The highest BCUT2D eigenvalue weighted by Gasteiger charge is 2.19. The monoisotopic (exact) mass is 298 g/mol. The van der Waals surface area contributed by atoms with Gasteiger partial charge in [0.05, 0.1) is 0 Å². The van der Waals surface area contributed by atoms with E-state index in [9.17, 15) is 4.79 Å². The molecule has 0 saturated carbocycles. The molecule has 1 amide bonds. The molecule has 116 valence electrons. The molecule has 0 unspecified atom stereocenters. The van der Waals surface area contributed by atoms with Crippen LogP contribution >= 0.6 is 0 Å². The minimum Gasteiger partial charge on any atom is -0.465 e. The molecule has 2 aromatic carbocycles. The fourth-order valence-electron chi connectivity index (χ4n) is 3.16. The Morgan fingerprint density at radius 2 is 1.86 bits per heavy atom. The number of nitrogens with zero attached hydrogens (tertiary/aromatic N) is 1. The number of likely N-dealkylation sites (tertiary alicyclic amines) is 1. The van der Waals surface area contributed by atoms with Crippen molar-refractivity contribution in [3.63, 3.8) is 0 Å². The lowest BCUT2D eigenvalue weighted by molar-refractivity contribution is 0.169. The van der Waals surface area contributed by atoms with Gasteiger partial charge in [-0.3, -0.25) is 0 Å². The van der Waals surface area contributed by atoms with Crippen LogP contribution in [0.5, 0.6) is 0 Å². The lowest BCUT2D eigenvalue weighted by Crippen LogP contribution is -2.44. The van der Waals surface area contributed by atoms with E-state index in [-0.39, 0.29) is 6.04 Å². The summed E-state index contributed by atoms with van der Waals surface area (Å²) >= 11 is 0. The van der Waals surface area contributed by atoms with Gasteiger partial charge < -0.3 is 15.3 Å². The maximum Gasteiger partial charge on any atom is 0.404 e. The lowest BCUT2D eigenvalue weighted by atomic mass is 10.0. The number of hydrogen-bond acceptors (Lipinski definition) is 2. The molecule has 1 fully saturated rings. The van der Waals surface area contributed by atoms with Gasteiger partial charge in [0.2, 0.25) is 0 Å². The van der Waals surface area contributed by atoms with Crippen LogP contribution in [0.15, 0.2) is 42.5 Å². The second-order valence-electron chi connectivity index (χ2n) is 6.00. The number of fused-ring (bicyclic) bond motifs is 1. The number of benzene rings is 2. The van der Waals surface area contributed by atoms with E-state index >= 15 is 0 Å². The Hall–Kier alpha value is -2.07. The summed E-state index contributed by atoms with van der Waals surface area (Å²) < 4.78 is 0. The van der Waals surface area contributed by atoms with E-state index in [2.05, 4.69) is 52.7 Å². The molecule has 0 aromatic heterocycles. The minimum absolute atomic E-state index is 0.120. The maximum absolute atomic E-state index is 10.6. The molecule has 3 rings (SSSR count). The Morgan fingerprint density at radius 1 is 1.14 bits per heavy atom. The normalized spacial score (nSPS) is 16.7. The highest BCUT2D eigenvalue weighted by Crippen LogP contribution is 2.17. The zero-order chi connectivity index (χ0) is 15.4. The van der Waals surface area contributed by atoms with Crippen LogP contribution in [-0.2, 0) is 6.42 Å². The quantitative estimate of drug-likeness (QED) is 0.912. The van der Waals surface area contributed by atoms with E-state index in [0.29, 0.717) is 0 Å². The highest BCUT2D eigenvalue weighted by atomic mass is 16.4. The highest BCUT2D eigenvalue weighted by molar-refractivity contribution is 5.82. The van der Waals surface area contributed by atoms with Gasteiger partial charge in [0.15, 0.2) is 0 Å². The van der Waals surface area contributed by atoms with Crippen LogP contribution < -0.4 is 5.32 Å². The Balaban J connectivity index is 1.51. The minimum atomic E-state index is -0.908. The number of amides is 1. The first-order chi connectivity index (χ1) is 10.7. The molecule has 4 heteroatoms. The summed E-state index contributed by atoms with van der Waals surface area (Å²) in [6.07, 6.45) is 1.95. The third-order valence-corrected chi connectivity index (χ3v) is 4.45. The van der Waals surface area contributed by atoms with Crippen molar-refractivity contribution in [1.29, 1.82) is 0 Å². The standard InChI is InChI=1S/C18H22N2O2/c21-18(22)19-17-8-11-20(12-9-17)10-7-14-5-6-15-3-1-2-4-16(15)13-14/h1-6,13,17,19H,7-12H2,(H,21,22). The van der Waals surface area contributed by atoms with Crippen LogP contribution in [0.25, 0.3) is 10.8 Å². The fourth-order valence-corrected chi connectivity index (χ4v) is 3.16. The van der Waals surface area contributed by atoms with Gasteiger partial charge in [-0.2, -0.15) is 0 Å². The molecule has 0 radical (unpaired) electrons. The van der Waals surface area contributed by atoms with Gasteiger partial charge >= 0.3 is 6.09 Å². The zero-order valence-corrected chi connectivity index (χ0v) is 12.7. The van der Waals surface area contributed by atoms with Crippen LogP contribution in [-0.4, -0.2) is 41.8 Å². The van der Waals surface area contributed by atoms with E-state index in [4.69, 9.17) is 5.11 Å². The molecule has 2 aromatic rings. The maximum atomic E-state index is 10.6. The molecule has 0 atom stereocenters. The summed E-state index contributed by atoms with van der Waals surface area (Å²) in [6, 6.07) is 15.2. The Morgan fingerprint density at radius 3 is 2.59 bits per heavy atom. The second kappa shape index (κ2) is 6.79. The van der Waals surface area contributed by atoms with Crippen molar-refractivity contribution < 1.29 is 9.90 Å². The molecule has 0 spiro atoms. The number of nitrogens with one attached hydrogen (secondary N) is 1. The van der Waals surface area contributed by atoms with E-state index in [0.717, 1.165) is 38.9 Å². The third-order valence-electron chi connectivity index (χ3n) is 4.45. The molecule has 1 heterocycles. The number of hydrogen-bond donors (Lipinski definition) is 2. The molecule has 0 bridgehead atoms. The molecule has 1 aliphatic heterocycles. The summed E-state index contributed by atoms with van der Waals surface area (Å²) in [7, 11) is 0. The molecule has 1 aliphatic rings. The number of piperidine rings is 1. The van der Waals surface area contributed by atoms with Crippen LogP contribution in [0, 0.1) is 0 Å². The molecular weight excluding hydrogens is 276 g/mol. The zero-order valence-electron chi connectivity index (χ0n) is 12.7. The van der Waals surface area contributed by atoms with Crippen molar-refractivity contribution in [1.82, 2.24) is 10.2 Å². The summed E-state index contributed by atoms with van der Waals surface area (Å²) in [5, 5.41) is 13.9. The van der Waals surface area contributed by atoms with Gasteiger partial charge in [-0.05, 0) is 35.6 Å².